The first-order valence-corrected chi connectivity index (χ1v) is 5.60. The van der Waals surface area contributed by atoms with Crippen molar-refractivity contribution in [3.63, 3.8) is 0 Å². The van der Waals surface area contributed by atoms with Gasteiger partial charge in [-0.05, 0) is 39.4 Å². The molecule has 0 fully saturated rings. The molecule has 0 amide bonds. The molecule has 0 aromatic rings. The van der Waals surface area contributed by atoms with Gasteiger partial charge >= 0.3 is 0 Å². The van der Waals surface area contributed by atoms with Crippen molar-refractivity contribution in [2.24, 2.45) is 0 Å². The van der Waals surface area contributed by atoms with E-state index in [0.29, 0.717) is 6.61 Å². The number of nitrogens with zero attached hydrogens (tertiary/aromatic N) is 1. The maximum Gasteiger partial charge on any atom is 0.0431 e. The summed E-state index contributed by atoms with van der Waals surface area (Å²) in [7, 11) is 2.15. The fourth-order valence-corrected chi connectivity index (χ4v) is 1.03. The van der Waals surface area contributed by atoms with Gasteiger partial charge in [-0.2, -0.15) is 0 Å². The quantitative estimate of drug-likeness (QED) is 0.622. The zero-order valence-electron chi connectivity index (χ0n) is 9.84. The lowest BCUT2D eigenvalue weighted by Crippen LogP contribution is -2.20. The summed E-state index contributed by atoms with van der Waals surface area (Å²) in [6.07, 6.45) is 4.62. The van der Waals surface area contributed by atoms with Crippen LogP contribution in [0.2, 0.25) is 0 Å². The summed E-state index contributed by atoms with van der Waals surface area (Å²) < 4.78 is 0. The molecule has 0 atom stereocenters. The minimum Gasteiger partial charge on any atom is -0.396 e. The highest BCUT2D eigenvalue weighted by Crippen LogP contribution is 1.95. The second kappa shape index (κ2) is 14.4. The van der Waals surface area contributed by atoms with Gasteiger partial charge in [-0.15, -0.1) is 0 Å². The Morgan fingerprint density at radius 1 is 1.00 bits per heavy atom. The van der Waals surface area contributed by atoms with E-state index < -0.39 is 0 Å². The van der Waals surface area contributed by atoms with E-state index in [1.165, 1.54) is 19.4 Å². The Balaban J connectivity index is 0. The third kappa shape index (κ3) is 14.7. The molecule has 0 saturated heterocycles. The van der Waals surface area contributed by atoms with Crippen LogP contribution >= 0.6 is 0 Å². The Bertz CT molecular complexity index is 76.5. The van der Waals surface area contributed by atoms with Crippen molar-refractivity contribution in [1.82, 2.24) is 4.90 Å². The van der Waals surface area contributed by atoms with Crippen LogP contribution in [0.25, 0.3) is 0 Å². The van der Waals surface area contributed by atoms with Gasteiger partial charge in [0.05, 0.1) is 0 Å². The number of hydrogen-bond acceptors (Lipinski definition) is 2. The van der Waals surface area contributed by atoms with Crippen molar-refractivity contribution >= 4 is 0 Å². The Kier molecular flexibility index (Phi) is 17.1. The van der Waals surface area contributed by atoms with Gasteiger partial charge in [0.1, 0.15) is 0 Å². The SMILES string of the molecule is CC.CCCCN(C)CCCCO. The molecule has 0 aliphatic rings. The molecule has 0 heterocycles. The summed E-state index contributed by atoms with van der Waals surface area (Å²) in [6, 6.07) is 0. The minimum atomic E-state index is 0.335. The number of aliphatic hydroxyl groups is 1. The van der Waals surface area contributed by atoms with E-state index in [1.54, 1.807) is 0 Å². The van der Waals surface area contributed by atoms with Gasteiger partial charge in [-0.25, -0.2) is 0 Å². The van der Waals surface area contributed by atoms with Crippen LogP contribution in [-0.2, 0) is 0 Å². The van der Waals surface area contributed by atoms with E-state index in [2.05, 4.69) is 18.9 Å². The molecule has 2 heteroatoms. The molecular weight excluding hydrogens is 162 g/mol. The lowest BCUT2D eigenvalue weighted by Gasteiger charge is -2.14. The van der Waals surface area contributed by atoms with Crippen LogP contribution < -0.4 is 0 Å². The summed E-state index contributed by atoms with van der Waals surface area (Å²) in [6.45, 7) is 8.87. The summed E-state index contributed by atoms with van der Waals surface area (Å²) in [5, 5.41) is 8.54. The van der Waals surface area contributed by atoms with E-state index in [1.807, 2.05) is 13.8 Å². The first kappa shape index (κ1) is 15.4. The van der Waals surface area contributed by atoms with Crippen LogP contribution in [0.1, 0.15) is 46.5 Å². The Morgan fingerprint density at radius 2 is 1.54 bits per heavy atom. The lowest BCUT2D eigenvalue weighted by molar-refractivity contribution is 0.262. The number of unbranched alkanes of at least 4 members (excludes halogenated alkanes) is 2. The number of aliphatic hydroxyl groups excluding tert-OH is 1. The van der Waals surface area contributed by atoms with Gasteiger partial charge in [0.25, 0.3) is 0 Å². The fourth-order valence-electron chi connectivity index (χ4n) is 1.03. The first-order chi connectivity index (χ1) is 6.31. The molecule has 0 unspecified atom stereocenters. The van der Waals surface area contributed by atoms with Crippen LogP contribution in [0.5, 0.6) is 0 Å². The Labute approximate surface area is 83.9 Å². The number of hydrogen-bond donors (Lipinski definition) is 1. The van der Waals surface area contributed by atoms with Crippen molar-refractivity contribution in [2.75, 3.05) is 26.7 Å². The van der Waals surface area contributed by atoms with Crippen molar-refractivity contribution in [2.45, 2.75) is 46.5 Å². The van der Waals surface area contributed by atoms with Crippen LogP contribution in [0.15, 0.2) is 0 Å². The van der Waals surface area contributed by atoms with Crippen LogP contribution in [-0.4, -0.2) is 36.8 Å². The van der Waals surface area contributed by atoms with E-state index in [0.717, 1.165) is 19.4 Å². The highest BCUT2D eigenvalue weighted by atomic mass is 16.2. The van der Waals surface area contributed by atoms with Gasteiger partial charge in [0.15, 0.2) is 0 Å². The van der Waals surface area contributed by atoms with Crippen LogP contribution in [0.3, 0.4) is 0 Å². The topological polar surface area (TPSA) is 23.5 Å². The molecule has 82 valence electrons. The van der Waals surface area contributed by atoms with E-state index in [4.69, 9.17) is 5.11 Å². The molecule has 0 aromatic heterocycles. The zero-order valence-corrected chi connectivity index (χ0v) is 9.84. The summed E-state index contributed by atoms with van der Waals surface area (Å²) >= 11 is 0. The van der Waals surface area contributed by atoms with Crippen molar-refractivity contribution in [3.05, 3.63) is 0 Å². The van der Waals surface area contributed by atoms with Crippen molar-refractivity contribution in [3.8, 4) is 0 Å². The molecule has 1 N–H and O–H groups in total. The predicted octanol–water partition coefficient (Wildman–Crippen LogP) is 2.52. The largest absolute Gasteiger partial charge is 0.396 e. The maximum absolute atomic E-state index is 8.54. The highest BCUT2D eigenvalue weighted by molar-refractivity contribution is 4.50. The van der Waals surface area contributed by atoms with Crippen molar-refractivity contribution < 1.29 is 5.11 Å². The molecule has 2 nitrogen and oxygen atoms in total. The molecule has 0 saturated carbocycles. The Morgan fingerprint density at radius 3 is 2.00 bits per heavy atom. The van der Waals surface area contributed by atoms with Crippen LogP contribution in [0, 0.1) is 0 Å². The standard InChI is InChI=1S/C9H21NO.C2H6/c1-3-4-7-10(2)8-5-6-9-11;1-2/h11H,3-9H2,1-2H3;1-2H3. The summed E-state index contributed by atoms with van der Waals surface area (Å²) in [4.78, 5) is 2.33. The van der Waals surface area contributed by atoms with Gasteiger partial charge in [-0.1, -0.05) is 27.2 Å². The fraction of sp³-hybridized carbons (Fsp3) is 1.00. The third-order valence-electron chi connectivity index (χ3n) is 1.84. The second-order valence-electron chi connectivity index (χ2n) is 3.09. The van der Waals surface area contributed by atoms with E-state index >= 15 is 0 Å². The van der Waals surface area contributed by atoms with Gasteiger partial charge in [-0.3, -0.25) is 0 Å². The zero-order chi connectivity index (χ0) is 10.5. The third-order valence-corrected chi connectivity index (χ3v) is 1.84. The summed E-state index contributed by atoms with van der Waals surface area (Å²) in [5.41, 5.74) is 0. The summed E-state index contributed by atoms with van der Waals surface area (Å²) in [5.74, 6) is 0. The lowest BCUT2D eigenvalue weighted by atomic mass is 10.3. The average Bonchev–Trinajstić information content (AvgIpc) is 2.18. The van der Waals surface area contributed by atoms with Crippen LogP contribution in [0.4, 0.5) is 0 Å². The van der Waals surface area contributed by atoms with E-state index in [9.17, 15) is 0 Å². The Hall–Kier alpha value is -0.0800. The predicted molar refractivity (Wildman–Crippen MR) is 60.1 cm³/mol. The maximum atomic E-state index is 8.54. The molecule has 0 aliphatic carbocycles. The van der Waals surface area contributed by atoms with Gasteiger partial charge < -0.3 is 10.0 Å². The molecule has 0 aromatic carbocycles. The molecule has 13 heavy (non-hydrogen) atoms. The minimum absolute atomic E-state index is 0.335. The molecular formula is C11H27NO. The first-order valence-electron chi connectivity index (χ1n) is 5.60. The molecule has 0 rings (SSSR count). The highest BCUT2D eigenvalue weighted by Gasteiger charge is 1.95. The van der Waals surface area contributed by atoms with Gasteiger partial charge in [0, 0.05) is 6.61 Å². The average molecular weight is 189 g/mol. The molecule has 0 bridgehead atoms. The van der Waals surface area contributed by atoms with Crippen molar-refractivity contribution in [1.29, 1.82) is 0 Å². The molecule has 0 aliphatic heterocycles. The van der Waals surface area contributed by atoms with E-state index in [-0.39, 0.29) is 0 Å². The molecule has 0 radical (unpaired) electrons. The smallest absolute Gasteiger partial charge is 0.0431 e. The molecule has 0 spiro atoms. The monoisotopic (exact) mass is 189 g/mol. The van der Waals surface area contributed by atoms with Gasteiger partial charge in [0.2, 0.25) is 0 Å². The normalized spacial score (nSPS) is 9.69. The second-order valence-corrected chi connectivity index (χ2v) is 3.09. The number of rotatable bonds is 7.